The predicted molar refractivity (Wildman–Crippen MR) is 79.8 cm³/mol. The van der Waals surface area contributed by atoms with Crippen molar-refractivity contribution in [3.05, 3.63) is 0 Å². The van der Waals surface area contributed by atoms with Crippen LogP contribution in [0.1, 0.15) is 58.8 Å². The number of hydrogen-bond acceptors (Lipinski definition) is 3. The Balaban J connectivity index is 0.000000771. The molecule has 0 aromatic rings. The summed E-state index contributed by atoms with van der Waals surface area (Å²) in [6.45, 7) is 9.61. The highest BCUT2D eigenvalue weighted by atomic mass is 16.2. The molecule has 1 aliphatic heterocycles. The predicted octanol–water partition coefficient (Wildman–Crippen LogP) is 2.51. The molecule has 1 heterocycles. The van der Waals surface area contributed by atoms with E-state index in [4.69, 9.17) is 0 Å². The van der Waals surface area contributed by atoms with Gasteiger partial charge < -0.3 is 15.2 Å². The summed E-state index contributed by atoms with van der Waals surface area (Å²) in [5.74, 6) is 0. The minimum absolute atomic E-state index is 0.256. The molecule has 0 unspecified atom stereocenters. The molecule has 3 nitrogen and oxygen atoms in total. The Morgan fingerprint density at radius 2 is 1.72 bits per heavy atom. The van der Waals surface area contributed by atoms with Gasteiger partial charge in [0.15, 0.2) is 0 Å². The van der Waals surface area contributed by atoms with Crippen LogP contribution in [-0.4, -0.2) is 42.1 Å². The summed E-state index contributed by atoms with van der Waals surface area (Å²) in [7, 11) is -0.360. The lowest BCUT2D eigenvalue weighted by molar-refractivity contribution is 0.148. The van der Waals surface area contributed by atoms with E-state index < -0.39 is 0 Å². The van der Waals surface area contributed by atoms with E-state index in [1.54, 1.807) is 0 Å². The maximum atomic E-state index is 9.47. The van der Waals surface area contributed by atoms with Crippen LogP contribution in [0.3, 0.4) is 0 Å². The van der Waals surface area contributed by atoms with Gasteiger partial charge in [-0.05, 0) is 65.0 Å². The first-order valence-electron chi connectivity index (χ1n) is 7.88. The standard InChI is InChI=1S/C12H25BN2O.C2H6/c1-13(16)14-12(6-5-7-12)8-11-15-9-3-2-4-10-15;1-2/h14,16H,2-11H2,1H3;1-2H3. The minimum atomic E-state index is -0.360. The third-order valence-electron chi connectivity index (χ3n) is 4.18. The zero-order chi connectivity index (χ0) is 13.4. The summed E-state index contributed by atoms with van der Waals surface area (Å²) >= 11 is 0. The smallest absolute Gasteiger partial charge is 0.374 e. The molecular formula is C14H31BN2O. The van der Waals surface area contributed by atoms with Gasteiger partial charge in [0.1, 0.15) is 0 Å². The van der Waals surface area contributed by atoms with Crippen LogP contribution >= 0.6 is 0 Å². The topological polar surface area (TPSA) is 35.5 Å². The zero-order valence-electron chi connectivity index (χ0n) is 12.5. The Morgan fingerprint density at radius 3 is 2.17 bits per heavy atom. The molecule has 0 aromatic carbocycles. The molecule has 0 aromatic heterocycles. The molecule has 18 heavy (non-hydrogen) atoms. The van der Waals surface area contributed by atoms with E-state index in [2.05, 4.69) is 10.1 Å². The molecule has 0 bridgehead atoms. The van der Waals surface area contributed by atoms with E-state index in [0.29, 0.717) is 0 Å². The van der Waals surface area contributed by atoms with E-state index in [1.165, 1.54) is 64.6 Å². The SMILES string of the molecule is CB(O)NC1(CCN2CCCCC2)CCC1.CC. The normalized spacial score (nSPS) is 22.7. The van der Waals surface area contributed by atoms with Gasteiger partial charge in [0.25, 0.3) is 0 Å². The number of piperidine rings is 1. The molecule has 2 N–H and O–H groups in total. The summed E-state index contributed by atoms with van der Waals surface area (Å²) in [6.07, 6.45) is 9.16. The quantitative estimate of drug-likeness (QED) is 0.740. The van der Waals surface area contributed by atoms with Crippen molar-refractivity contribution in [2.45, 2.75) is 71.2 Å². The highest BCUT2D eigenvalue weighted by Crippen LogP contribution is 2.35. The highest BCUT2D eigenvalue weighted by molar-refractivity contribution is 6.45. The molecule has 2 fully saturated rings. The fourth-order valence-electron chi connectivity index (χ4n) is 3.07. The van der Waals surface area contributed by atoms with Crippen molar-refractivity contribution in [3.63, 3.8) is 0 Å². The zero-order valence-corrected chi connectivity index (χ0v) is 12.5. The van der Waals surface area contributed by atoms with Crippen LogP contribution in [0.15, 0.2) is 0 Å². The van der Waals surface area contributed by atoms with Gasteiger partial charge >= 0.3 is 7.05 Å². The number of hydrogen-bond donors (Lipinski definition) is 2. The van der Waals surface area contributed by atoms with Crippen molar-refractivity contribution in [1.82, 2.24) is 10.1 Å². The van der Waals surface area contributed by atoms with Crippen LogP contribution in [0.4, 0.5) is 0 Å². The third-order valence-corrected chi connectivity index (χ3v) is 4.18. The van der Waals surface area contributed by atoms with Crippen LogP contribution in [0.5, 0.6) is 0 Å². The molecule has 1 saturated carbocycles. The second-order valence-corrected chi connectivity index (χ2v) is 5.61. The first-order chi connectivity index (χ1) is 8.70. The molecule has 0 amide bonds. The van der Waals surface area contributed by atoms with Gasteiger partial charge in [-0.2, -0.15) is 0 Å². The van der Waals surface area contributed by atoms with E-state index in [1.807, 2.05) is 20.7 Å². The molecule has 1 aliphatic carbocycles. The van der Waals surface area contributed by atoms with Crippen LogP contribution in [-0.2, 0) is 0 Å². The molecular weight excluding hydrogens is 223 g/mol. The molecule has 106 valence electrons. The molecule has 2 rings (SSSR count). The van der Waals surface area contributed by atoms with Gasteiger partial charge in [-0.25, -0.2) is 0 Å². The van der Waals surface area contributed by atoms with Gasteiger partial charge in [0.05, 0.1) is 0 Å². The molecule has 2 aliphatic rings. The number of likely N-dealkylation sites (tertiary alicyclic amines) is 1. The Bertz CT molecular complexity index is 214. The Kier molecular flexibility index (Phi) is 7.27. The fraction of sp³-hybridized carbons (Fsp3) is 1.00. The summed E-state index contributed by atoms with van der Waals surface area (Å²) in [5.41, 5.74) is 0.256. The minimum Gasteiger partial charge on any atom is -0.437 e. The Labute approximate surface area is 113 Å². The monoisotopic (exact) mass is 254 g/mol. The molecule has 0 spiro atoms. The number of nitrogens with one attached hydrogen (secondary N) is 1. The van der Waals surface area contributed by atoms with E-state index in [0.717, 1.165) is 0 Å². The van der Waals surface area contributed by atoms with Crippen molar-refractivity contribution in [2.75, 3.05) is 19.6 Å². The summed E-state index contributed by atoms with van der Waals surface area (Å²) in [6, 6.07) is 0. The Morgan fingerprint density at radius 1 is 1.11 bits per heavy atom. The van der Waals surface area contributed by atoms with Gasteiger partial charge in [0.2, 0.25) is 0 Å². The van der Waals surface area contributed by atoms with Crippen LogP contribution < -0.4 is 5.23 Å². The number of nitrogens with zero attached hydrogens (tertiary/aromatic N) is 1. The first-order valence-corrected chi connectivity index (χ1v) is 7.88. The van der Waals surface area contributed by atoms with Gasteiger partial charge in [-0.3, -0.25) is 0 Å². The second-order valence-electron chi connectivity index (χ2n) is 5.61. The molecule has 1 saturated heterocycles. The maximum absolute atomic E-state index is 9.47. The van der Waals surface area contributed by atoms with Crippen LogP contribution in [0.25, 0.3) is 0 Å². The van der Waals surface area contributed by atoms with Crippen molar-refractivity contribution in [3.8, 4) is 0 Å². The fourth-order valence-corrected chi connectivity index (χ4v) is 3.07. The Hall–Kier alpha value is -0.0551. The van der Waals surface area contributed by atoms with Gasteiger partial charge in [-0.1, -0.05) is 20.3 Å². The van der Waals surface area contributed by atoms with Crippen molar-refractivity contribution >= 4 is 7.05 Å². The lowest BCUT2D eigenvalue weighted by Gasteiger charge is -2.45. The number of rotatable bonds is 5. The van der Waals surface area contributed by atoms with E-state index in [-0.39, 0.29) is 12.6 Å². The lowest BCUT2D eigenvalue weighted by Crippen LogP contribution is -2.57. The highest BCUT2D eigenvalue weighted by Gasteiger charge is 2.37. The average molecular weight is 254 g/mol. The van der Waals surface area contributed by atoms with Crippen molar-refractivity contribution in [1.29, 1.82) is 0 Å². The molecule has 4 heteroatoms. The van der Waals surface area contributed by atoms with E-state index in [9.17, 15) is 5.02 Å². The van der Waals surface area contributed by atoms with Gasteiger partial charge in [-0.15, -0.1) is 0 Å². The molecule has 0 radical (unpaired) electrons. The largest absolute Gasteiger partial charge is 0.437 e. The van der Waals surface area contributed by atoms with Crippen LogP contribution in [0.2, 0.25) is 6.82 Å². The van der Waals surface area contributed by atoms with Crippen LogP contribution in [0, 0.1) is 0 Å². The van der Waals surface area contributed by atoms with Crippen molar-refractivity contribution < 1.29 is 5.02 Å². The van der Waals surface area contributed by atoms with E-state index >= 15 is 0 Å². The maximum Gasteiger partial charge on any atom is 0.374 e. The summed E-state index contributed by atoms with van der Waals surface area (Å²) in [5, 5.41) is 12.8. The van der Waals surface area contributed by atoms with Gasteiger partial charge in [0, 0.05) is 5.54 Å². The van der Waals surface area contributed by atoms with Crippen molar-refractivity contribution in [2.24, 2.45) is 0 Å². The summed E-state index contributed by atoms with van der Waals surface area (Å²) < 4.78 is 0. The second kappa shape index (κ2) is 8.18. The summed E-state index contributed by atoms with van der Waals surface area (Å²) in [4.78, 5) is 2.59. The third kappa shape index (κ3) is 4.91. The lowest BCUT2D eigenvalue weighted by atomic mass is 9.69. The molecule has 0 atom stereocenters. The first kappa shape index (κ1) is 16.0. The average Bonchev–Trinajstić information content (AvgIpc) is 2.36.